The van der Waals surface area contributed by atoms with E-state index in [1.807, 2.05) is 0 Å². The predicted octanol–water partition coefficient (Wildman–Crippen LogP) is 2.80. The molecule has 0 radical (unpaired) electrons. The highest BCUT2D eigenvalue weighted by atomic mass is 35.5. The van der Waals surface area contributed by atoms with E-state index in [2.05, 4.69) is 0 Å². The normalized spacial score (nSPS) is 17.1. The Morgan fingerprint density at radius 3 is 2.33 bits per heavy atom. The quantitative estimate of drug-likeness (QED) is 0.781. The van der Waals surface area contributed by atoms with Gasteiger partial charge in [0, 0.05) is 26.2 Å². The fraction of sp³-hybridized carbons (Fsp3) is 0.462. The molecule has 0 spiro atoms. The van der Waals surface area contributed by atoms with E-state index in [-0.39, 0.29) is 36.8 Å². The Balaban J connectivity index is 2.01. The molecule has 0 saturated carbocycles. The molecule has 3 nitrogen and oxygen atoms in total. The third-order valence-electron chi connectivity index (χ3n) is 3.24. The second-order valence-corrected chi connectivity index (χ2v) is 5.19. The van der Waals surface area contributed by atoms with E-state index in [4.69, 9.17) is 11.6 Å². The van der Waals surface area contributed by atoms with Gasteiger partial charge in [0.05, 0.1) is 17.1 Å². The predicted molar refractivity (Wildman–Crippen MR) is 69.8 cm³/mol. The van der Waals surface area contributed by atoms with Crippen molar-refractivity contribution in [1.29, 1.82) is 0 Å². The molecule has 0 unspecified atom stereocenters. The van der Waals surface area contributed by atoms with E-state index in [0.717, 1.165) is 6.07 Å². The molecular formula is C13H13ClF4N2O. The Bertz CT molecular complexity index is 507. The van der Waals surface area contributed by atoms with Crippen molar-refractivity contribution in [2.45, 2.75) is 6.18 Å². The van der Waals surface area contributed by atoms with Gasteiger partial charge in [0.2, 0.25) is 0 Å². The molecule has 0 atom stereocenters. The maximum absolute atomic E-state index is 13.7. The van der Waals surface area contributed by atoms with E-state index in [1.54, 1.807) is 0 Å². The molecular weight excluding hydrogens is 312 g/mol. The molecule has 1 aliphatic heterocycles. The van der Waals surface area contributed by atoms with Crippen LogP contribution in [0.15, 0.2) is 18.2 Å². The van der Waals surface area contributed by atoms with Gasteiger partial charge in [-0.3, -0.25) is 9.69 Å². The van der Waals surface area contributed by atoms with Crippen LogP contribution in [0.1, 0.15) is 10.4 Å². The van der Waals surface area contributed by atoms with Crippen molar-refractivity contribution in [2.24, 2.45) is 0 Å². The summed E-state index contributed by atoms with van der Waals surface area (Å²) >= 11 is 5.81. The third kappa shape index (κ3) is 4.07. The number of piperazine rings is 1. The summed E-state index contributed by atoms with van der Waals surface area (Å²) in [4.78, 5) is 14.7. The van der Waals surface area contributed by atoms with E-state index < -0.39 is 24.4 Å². The summed E-state index contributed by atoms with van der Waals surface area (Å²) in [5.41, 5.74) is -0.233. The molecule has 2 rings (SSSR count). The lowest BCUT2D eigenvalue weighted by Gasteiger charge is -2.35. The third-order valence-corrected chi connectivity index (χ3v) is 3.55. The number of benzene rings is 1. The smallest absolute Gasteiger partial charge is 0.336 e. The first-order chi connectivity index (χ1) is 9.78. The summed E-state index contributed by atoms with van der Waals surface area (Å²) in [6.07, 6.45) is -4.26. The first-order valence-electron chi connectivity index (χ1n) is 6.30. The molecule has 0 N–H and O–H groups in total. The number of hydrogen-bond donors (Lipinski definition) is 0. The molecule has 1 heterocycles. The minimum absolute atomic E-state index is 0.00211. The number of carbonyl (C=O) groups excluding carboxylic acids is 1. The first-order valence-corrected chi connectivity index (χ1v) is 6.68. The molecule has 1 fully saturated rings. The summed E-state index contributed by atoms with van der Waals surface area (Å²) in [6.45, 7) is -0.594. The maximum Gasteiger partial charge on any atom is 0.401 e. The highest BCUT2D eigenvalue weighted by Crippen LogP contribution is 2.22. The van der Waals surface area contributed by atoms with Crippen LogP contribution in [-0.2, 0) is 0 Å². The van der Waals surface area contributed by atoms with Crippen LogP contribution in [-0.4, -0.2) is 54.6 Å². The number of halogens is 5. The number of rotatable bonds is 2. The largest absolute Gasteiger partial charge is 0.401 e. The van der Waals surface area contributed by atoms with Crippen LogP contribution in [0.25, 0.3) is 0 Å². The van der Waals surface area contributed by atoms with Crippen molar-refractivity contribution < 1.29 is 22.4 Å². The Morgan fingerprint density at radius 1 is 1.19 bits per heavy atom. The Labute approximate surface area is 124 Å². The molecule has 1 amide bonds. The average Bonchev–Trinajstić information content (AvgIpc) is 2.37. The molecule has 1 aliphatic rings. The van der Waals surface area contributed by atoms with Gasteiger partial charge in [-0.15, -0.1) is 0 Å². The van der Waals surface area contributed by atoms with Gasteiger partial charge < -0.3 is 4.90 Å². The number of hydrogen-bond acceptors (Lipinski definition) is 2. The summed E-state index contributed by atoms with van der Waals surface area (Å²) in [7, 11) is 0. The number of carbonyl (C=O) groups is 1. The molecule has 1 aromatic carbocycles. The van der Waals surface area contributed by atoms with E-state index >= 15 is 0 Å². The topological polar surface area (TPSA) is 23.6 Å². The molecule has 0 aromatic heterocycles. The van der Waals surface area contributed by atoms with E-state index in [9.17, 15) is 22.4 Å². The lowest BCUT2D eigenvalue weighted by molar-refractivity contribution is -0.148. The van der Waals surface area contributed by atoms with Crippen molar-refractivity contribution >= 4 is 17.5 Å². The van der Waals surface area contributed by atoms with Gasteiger partial charge in [-0.2, -0.15) is 13.2 Å². The molecule has 1 aromatic rings. The van der Waals surface area contributed by atoms with Gasteiger partial charge in [-0.05, 0) is 12.1 Å². The highest BCUT2D eigenvalue weighted by molar-refractivity contribution is 6.33. The van der Waals surface area contributed by atoms with Crippen molar-refractivity contribution in [2.75, 3.05) is 32.7 Å². The van der Waals surface area contributed by atoms with Crippen LogP contribution in [0.4, 0.5) is 17.6 Å². The number of amides is 1. The number of nitrogens with zero attached hydrogens (tertiary/aromatic N) is 2. The van der Waals surface area contributed by atoms with Gasteiger partial charge in [-0.25, -0.2) is 4.39 Å². The summed E-state index contributed by atoms with van der Waals surface area (Å²) < 4.78 is 50.5. The molecule has 1 saturated heterocycles. The number of alkyl halides is 3. The fourth-order valence-corrected chi connectivity index (χ4v) is 2.47. The van der Waals surface area contributed by atoms with Crippen LogP contribution in [0.2, 0.25) is 5.02 Å². The minimum Gasteiger partial charge on any atom is -0.336 e. The zero-order valence-electron chi connectivity index (χ0n) is 11.0. The van der Waals surface area contributed by atoms with Crippen molar-refractivity contribution in [1.82, 2.24) is 9.80 Å². The molecule has 0 aliphatic carbocycles. The second-order valence-electron chi connectivity index (χ2n) is 4.78. The molecule has 116 valence electrons. The molecule has 0 bridgehead atoms. The van der Waals surface area contributed by atoms with Crippen molar-refractivity contribution in [3.8, 4) is 0 Å². The molecule has 8 heteroatoms. The van der Waals surface area contributed by atoms with Gasteiger partial charge >= 0.3 is 6.18 Å². The van der Waals surface area contributed by atoms with Crippen LogP contribution in [0, 0.1) is 5.82 Å². The Hall–Kier alpha value is -1.34. The van der Waals surface area contributed by atoms with Crippen molar-refractivity contribution in [3.05, 3.63) is 34.6 Å². The summed E-state index contributed by atoms with van der Waals surface area (Å²) in [5, 5.41) is -0.00211. The van der Waals surface area contributed by atoms with Gasteiger partial charge in [0.15, 0.2) is 0 Å². The van der Waals surface area contributed by atoms with Crippen LogP contribution in [0.5, 0.6) is 0 Å². The standard InChI is InChI=1S/C13H13ClF4N2O/c14-9-2-1-3-10(15)11(9)12(21)20-6-4-19(5-7-20)8-13(16,17)18/h1-3H,4-8H2. The Morgan fingerprint density at radius 2 is 1.81 bits per heavy atom. The zero-order valence-corrected chi connectivity index (χ0v) is 11.7. The SMILES string of the molecule is O=C(c1c(F)cccc1Cl)N1CCN(CC(F)(F)F)CC1. The first kappa shape index (κ1) is 16.0. The lowest BCUT2D eigenvalue weighted by atomic mass is 10.1. The van der Waals surface area contributed by atoms with E-state index in [1.165, 1.54) is 21.9 Å². The monoisotopic (exact) mass is 324 g/mol. The van der Waals surface area contributed by atoms with Gasteiger partial charge in [-0.1, -0.05) is 17.7 Å². The zero-order chi connectivity index (χ0) is 15.6. The summed E-state index contributed by atoms with van der Waals surface area (Å²) in [6, 6.07) is 3.91. The van der Waals surface area contributed by atoms with Crippen LogP contribution >= 0.6 is 11.6 Å². The van der Waals surface area contributed by atoms with Crippen molar-refractivity contribution in [3.63, 3.8) is 0 Å². The highest BCUT2D eigenvalue weighted by Gasteiger charge is 2.33. The van der Waals surface area contributed by atoms with Crippen LogP contribution in [0.3, 0.4) is 0 Å². The van der Waals surface area contributed by atoms with Crippen LogP contribution < -0.4 is 0 Å². The average molecular weight is 325 g/mol. The second kappa shape index (κ2) is 6.19. The Kier molecular flexibility index (Phi) is 4.73. The van der Waals surface area contributed by atoms with Gasteiger partial charge in [0.25, 0.3) is 5.91 Å². The summed E-state index contributed by atoms with van der Waals surface area (Å²) in [5.74, 6) is -1.32. The minimum atomic E-state index is -4.26. The van der Waals surface area contributed by atoms with Gasteiger partial charge in [0.1, 0.15) is 5.82 Å². The maximum atomic E-state index is 13.7. The van der Waals surface area contributed by atoms with E-state index in [0.29, 0.717) is 0 Å². The fourth-order valence-electron chi connectivity index (χ4n) is 2.22. The molecule has 21 heavy (non-hydrogen) atoms. The lowest BCUT2D eigenvalue weighted by Crippen LogP contribution is -2.51.